The quantitative estimate of drug-likeness (QED) is 0.418. The molecular formula is C25H32N2O4S2. The van der Waals surface area contributed by atoms with Crippen molar-refractivity contribution in [3.63, 3.8) is 0 Å². The Bertz CT molecular complexity index is 1290. The molecule has 6 nitrogen and oxygen atoms in total. The summed E-state index contributed by atoms with van der Waals surface area (Å²) in [4.78, 5) is 17.3. The number of nitrogens with zero attached hydrogens (tertiary/aromatic N) is 2. The number of thiophene rings is 1. The lowest BCUT2D eigenvalue weighted by Gasteiger charge is -2.26. The first-order valence-electron chi connectivity index (χ1n) is 11.5. The van der Waals surface area contributed by atoms with E-state index in [1.54, 1.807) is 25.1 Å². The van der Waals surface area contributed by atoms with Gasteiger partial charge in [-0.15, -0.1) is 11.3 Å². The number of benzene rings is 1. The van der Waals surface area contributed by atoms with E-state index in [0.717, 1.165) is 29.2 Å². The van der Waals surface area contributed by atoms with E-state index in [1.807, 2.05) is 6.07 Å². The van der Waals surface area contributed by atoms with E-state index in [-0.39, 0.29) is 19.4 Å². The normalized spacial score (nSPS) is 15.8. The fourth-order valence-corrected chi connectivity index (χ4v) is 7.73. The number of hydrogen-bond acceptors (Lipinski definition) is 6. The van der Waals surface area contributed by atoms with Crippen molar-refractivity contribution in [3.05, 3.63) is 40.5 Å². The van der Waals surface area contributed by atoms with Crippen molar-refractivity contribution in [2.75, 3.05) is 7.11 Å². The minimum atomic E-state index is -3.79. The molecule has 1 aliphatic rings. The average molecular weight is 489 g/mol. The number of carbonyl (C=O) groups is 1. The van der Waals surface area contributed by atoms with Crippen LogP contribution in [0.2, 0.25) is 0 Å². The molecule has 0 amide bonds. The van der Waals surface area contributed by atoms with Gasteiger partial charge in [-0.3, -0.25) is 0 Å². The highest BCUT2D eigenvalue weighted by Gasteiger charge is 2.28. The zero-order valence-corrected chi connectivity index (χ0v) is 21.6. The van der Waals surface area contributed by atoms with Crippen LogP contribution in [0.4, 0.5) is 0 Å². The Morgan fingerprint density at radius 1 is 1.18 bits per heavy atom. The maximum absolute atomic E-state index is 13.5. The second-order valence-electron chi connectivity index (χ2n) is 10.0. The first-order valence-corrected chi connectivity index (χ1v) is 13.8. The number of carbonyl (C=O) groups excluding carboxylic acids is 1. The first-order chi connectivity index (χ1) is 15.5. The summed E-state index contributed by atoms with van der Waals surface area (Å²) in [7, 11) is -2.50. The number of aryl methyl sites for hydroxylation is 1. The molecule has 1 aromatic carbocycles. The molecule has 3 aromatic rings. The summed E-state index contributed by atoms with van der Waals surface area (Å²) < 4.78 is 34.1. The van der Waals surface area contributed by atoms with Crippen LogP contribution in [0.15, 0.2) is 33.4 Å². The Labute approximate surface area is 199 Å². The summed E-state index contributed by atoms with van der Waals surface area (Å²) in [6, 6.07) is 6.80. The predicted molar refractivity (Wildman–Crippen MR) is 131 cm³/mol. The molecule has 0 unspecified atom stereocenters. The molecule has 1 saturated carbocycles. The summed E-state index contributed by atoms with van der Waals surface area (Å²) in [6.07, 6.45) is 6.33. The lowest BCUT2D eigenvalue weighted by atomic mass is 9.88. The van der Waals surface area contributed by atoms with Crippen molar-refractivity contribution in [1.29, 1.82) is 0 Å². The molecule has 1 fully saturated rings. The molecule has 0 aliphatic heterocycles. The zero-order chi connectivity index (χ0) is 24.0. The van der Waals surface area contributed by atoms with Crippen molar-refractivity contribution in [1.82, 2.24) is 9.55 Å². The van der Waals surface area contributed by atoms with Crippen molar-refractivity contribution < 1.29 is 17.9 Å². The van der Waals surface area contributed by atoms with Crippen LogP contribution in [0.3, 0.4) is 0 Å². The Morgan fingerprint density at radius 3 is 2.52 bits per heavy atom. The van der Waals surface area contributed by atoms with E-state index < -0.39 is 15.8 Å². The van der Waals surface area contributed by atoms with E-state index >= 15 is 0 Å². The van der Waals surface area contributed by atoms with Gasteiger partial charge in [0.15, 0.2) is 0 Å². The highest BCUT2D eigenvalue weighted by Crippen LogP contribution is 2.35. The van der Waals surface area contributed by atoms with E-state index in [1.165, 1.54) is 39.2 Å². The number of rotatable bonds is 5. The van der Waals surface area contributed by atoms with Crippen LogP contribution in [-0.4, -0.2) is 31.0 Å². The number of aromatic nitrogens is 2. The van der Waals surface area contributed by atoms with E-state index in [0.29, 0.717) is 17.0 Å². The molecule has 0 N–H and O–H groups in total. The number of methoxy groups -OCH3 is 1. The highest BCUT2D eigenvalue weighted by atomic mass is 32.2. The number of ether oxygens (including phenoxy) is 1. The third-order valence-electron chi connectivity index (χ3n) is 6.37. The summed E-state index contributed by atoms with van der Waals surface area (Å²) in [6.45, 7) is 9.05. The first kappa shape index (κ1) is 24.0. The Hall–Kier alpha value is -2.19. The van der Waals surface area contributed by atoms with Crippen molar-refractivity contribution in [2.24, 2.45) is 5.92 Å². The molecule has 2 aromatic heterocycles. The molecule has 1 aliphatic carbocycles. The molecule has 0 atom stereocenters. The minimum Gasteiger partial charge on any atom is -0.465 e. The summed E-state index contributed by atoms with van der Waals surface area (Å²) >= 11 is 0.947. The summed E-state index contributed by atoms with van der Waals surface area (Å²) in [5.74, 6) is 1.08. The van der Waals surface area contributed by atoms with E-state index in [2.05, 4.69) is 25.3 Å². The third-order valence-corrected chi connectivity index (χ3v) is 9.97. The van der Waals surface area contributed by atoms with Gasteiger partial charge in [0.1, 0.15) is 14.9 Å². The SMILES string of the molecule is COC(=O)c1cc(C)c(S(=O)(=O)c2ccc3c(c2)nc(C(C)(C)C)n3CC2CCCCC2)s1. The Balaban J connectivity index is 1.78. The van der Waals surface area contributed by atoms with Crippen LogP contribution < -0.4 is 0 Å². The van der Waals surface area contributed by atoms with Gasteiger partial charge in [-0.2, -0.15) is 0 Å². The topological polar surface area (TPSA) is 78.3 Å². The van der Waals surface area contributed by atoms with Crippen LogP contribution >= 0.6 is 11.3 Å². The second-order valence-corrected chi connectivity index (χ2v) is 13.2. The minimum absolute atomic E-state index is 0.160. The van der Waals surface area contributed by atoms with Gasteiger partial charge in [0.25, 0.3) is 0 Å². The van der Waals surface area contributed by atoms with Gasteiger partial charge in [0.05, 0.1) is 23.0 Å². The molecule has 33 heavy (non-hydrogen) atoms. The van der Waals surface area contributed by atoms with Crippen molar-refractivity contribution in [3.8, 4) is 0 Å². The largest absolute Gasteiger partial charge is 0.465 e. The van der Waals surface area contributed by atoms with Crippen LogP contribution in [0.5, 0.6) is 0 Å². The second kappa shape index (κ2) is 8.87. The molecular weight excluding hydrogens is 456 g/mol. The van der Waals surface area contributed by atoms with Gasteiger partial charge in [-0.05, 0) is 55.5 Å². The van der Waals surface area contributed by atoms with Gasteiger partial charge in [0, 0.05) is 12.0 Å². The zero-order valence-electron chi connectivity index (χ0n) is 20.0. The predicted octanol–water partition coefficient (Wildman–Crippen LogP) is 5.90. The fraction of sp³-hybridized carbons (Fsp3) is 0.520. The molecule has 0 spiro atoms. The standard InChI is InChI=1S/C25H32N2O4S2/c1-16-13-21(22(28)31-5)32-23(16)33(29,30)18-11-12-20-19(14-18)26-24(25(2,3)4)27(20)15-17-9-7-6-8-10-17/h11-14,17H,6-10,15H2,1-5H3. The lowest BCUT2D eigenvalue weighted by Crippen LogP contribution is -2.22. The van der Waals surface area contributed by atoms with Crippen molar-refractivity contribution >= 4 is 38.2 Å². The van der Waals surface area contributed by atoms with Crippen LogP contribution in [-0.2, 0) is 26.5 Å². The number of sulfone groups is 1. The Morgan fingerprint density at radius 2 is 1.88 bits per heavy atom. The van der Waals surface area contributed by atoms with Crippen LogP contribution in [0.25, 0.3) is 11.0 Å². The number of hydrogen-bond donors (Lipinski definition) is 0. The van der Waals surface area contributed by atoms with Gasteiger partial charge in [-0.25, -0.2) is 18.2 Å². The van der Waals surface area contributed by atoms with Gasteiger partial charge < -0.3 is 9.30 Å². The average Bonchev–Trinajstić information content (AvgIpc) is 3.35. The van der Waals surface area contributed by atoms with Crippen LogP contribution in [0, 0.1) is 12.8 Å². The van der Waals surface area contributed by atoms with Gasteiger partial charge in [-0.1, -0.05) is 40.0 Å². The number of esters is 1. The molecule has 0 saturated heterocycles. The molecule has 8 heteroatoms. The lowest BCUT2D eigenvalue weighted by molar-refractivity contribution is 0.0606. The molecule has 178 valence electrons. The summed E-state index contributed by atoms with van der Waals surface area (Å²) in [5.41, 5.74) is 2.05. The van der Waals surface area contributed by atoms with Crippen LogP contribution in [0.1, 0.15) is 73.9 Å². The number of imidazole rings is 1. The highest BCUT2D eigenvalue weighted by molar-refractivity contribution is 7.93. The molecule has 2 heterocycles. The maximum Gasteiger partial charge on any atom is 0.348 e. The Kier molecular flexibility index (Phi) is 6.44. The summed E-state index contributed by atoms with van der Waals surface area (Å²) in [5, 5.41) is 0. The molecule has 0 bridgehead atoms. The third kappa shape index (κ3) is 4.60. The maximum atomic E-state index is 13.5. The fourth-order valence-electron chi connectivity index (χ4n) is 4.70. The number of fused-ring (bicyclic) bond motifs is 1. The smallest absolute Gasteiger partial charge is 0.348 e. The molecule has 0 radical (unpaired) electrons. The van der Waals surface area contributed by atoms with Crippen molar-refractivity contribution in [2.45, 2.75) is 80.9 Å². The monoisotopic (exact) mass is 488 g/mol. The molecule has 4 rings (SSSR count). The van der Waals surface area contributed by atoms with E-state index in [4.69, 9.17) is 9.72 Å². The van der Waals surface area contributed by atoms with Gasteiger partial charge in [0.2, 0.25) is 9.84 Å². The van der Waals surface area contributed by atoms with E-state index in [9.17, 15) is 13.2 Å². The van der Waals surface area contributed by atoms with Gasteiger partial charge >= 0.3 is 5.97 Å².